The van der Waals surface area contributed by atoms with Gasteiger partial charge in [-0.1, -0.05) is 30.3 Å². The first-order valence-electron chi connectivity index (χ1n) is 11.2. The number of para-hydroxylation sites is 1. The van der Waals surface area contributed by atoms with Gasteiger partial charge in [-0.3, -0.25) is 0 Å². The van der Waals surface area contributed by atoms with Gasteiger partial charge in [0.1, 0.15) is 29.3 Å². The molecule has 32 heavy (non-hydrogen) atoms. The molecule has 0 amide bonds. The summed E-state index contributed by atoms with van der Waals surface area (Å²) in [5.74, 6) is 2.15. The van der Waals surface area contributed by atoms with E-state index in [9.17, 15) is 0 Å². The first kappa shape index (κ1) is 20.5. The van der Waals surface area contributed by atoms with Crippen molar-refractivity contribution in [2.75, 3.05) is 19.8 Å². The van der Waals surface area contributed by atoms with E-state index in [1.807, 2.05) is 42.5 Å². The van der Waals surface area contributed by atoms with Crippen LogP contribution in [-0.4, -0.2) is 39.6 Å². The van der Waals surface area contributed by atoms with E-state index in [-0.39, 0.29) is 0 Å². The maximum atomic E-state index is 6.34. The number of nitrogens with two attached hydrogens (primary N) is 1. The van der Waals surface area contributed by atoms with Gasteiger partial charge >= 0.3 is 0 Å². The fourth-order valence-electron chi connectivity index (χ4n) is 4.79. The monoisotopic (exact) mass is 427 g/mol. The zero-order valence-corrected chi connectivity index (χ0v) is 18.6. The van der Waals surface area contributed by atoms with Crippen LogP contribution in [0, 0.1) is 0 Å². The Labute approximate surface area is 188 Å². The second-order valence-electron chi connectivity index (χ2n) is 8.77. The van der Waals surface area contributed by atoms with E-state index in [1.165, 1.54) is 12.8 Å². The van der Waals surface area contributed by atoms with Crippen molar-refractivity contribution >= 4 is 16.9 Å². The number of aromatic nitrogens is 3. The van der Waals surface area contributed by atoms with Crippen LogP contribution < -0.4 is 10.5 Å². The molecule has 1 fully saturated rings. The molecule has 1 aliphatic carbocycles. The molecule has 2 N–H and O–H groups in total. The third-order valence-electron chi connectivity index (χ3n) is 6.57. The van der Waals surface area contributed by atoms with Crippen molar-refractivity contribution < 1.29 is 4.74 Å². The molecule has 0 aliphatic heterocycles. The van der Waals surface area contributed by atoms with Gasteiger partial charge in [0.05, 0.1) is 5.39 Å². The number of hydrogen-bond donors (Lipinski definition) is 1. The second kappa shape index (κ2) is 8.63. The SMILES string of the molecule is CN(C)C1CCC(n2cc(-c3ccc(Oc4ccccc4)cc3)c3c(N)ncnc32)CC1. The molecule has 0 radical (unpaired) electrons. The lowest BCUT2D eigenvalue weighted by Gasteiger charge is -2.33. The minimum absolute atomic E-state index is 0.428. The van der Waals surface area contributed by atoms with Crippen LogP contribution >= 0.6 is 0 Å². The van der Waals surface area contributed by atoms with Crippen molar-refractivity contribution in [2.24, 2.45) is 0 Å². The van der Waals surface area contributed by atoms with Crippen LogP contribution in [0.3, 0.4) is 0 Å². The highest BCUT2D eigenvalue weighted by atomic mass is 16.5. The smallest absolute Gasteiger partial charge is 0.146 e. The van der Waals surface area contributed by atoms with Gasteiger partial charge in [-0.2, -0.15) is 0 Å². The summed E-state index contributed by atoms with van der Waals surface area (Å²) in [7, 11) is 4.35. The molecule has 0 saturated heterocycles. The Kier molecular flexibility index (Phi) is 5.53. The minimum atomic E-state index is 0.428. The van der Waals surface area contributed by atoms with E-state index in [0.717, 1.165) is 46.5 Å². The fourth-order valence-corrected chi connectivity index (χ4v) is 4.79. The zero-order chi connectivity index (χ0) is 22.1. The van der Waals surface area contributed by atoms with Crippen molar-refractivity contribution in [2.45, 2.75) is 37.8 Å². The Hall–Kier alpha value is -3.38. The van der Waals surface area contributed by atoms with Crippen molar-refractivity contribution in [3.05, 3.63) is 67.1 Å². The predicted molar refractivity (Wildman–Crippen MR) is 129 cm³/mol. The van der Waals surface area contributed by atoms with E-state index >= 15 is 0 Å². The largest absolute Gasteiger partial charge is 0.457 e. The molecule has 6 heteroatoms. The summed E-state index contributed by atoms with van der Waals surface area (Å²) in [6.07, 6.45) is 8.45. The van der Waals surface area contributed by atoms with E-state index in [4.69, 9.17) is 10.5 Å². The standard InChI is InChI=1S/C26H29N5O/c1-30(2)19-10-12-20(13-11-19)31-16-23(24-25(27)28-17-29-26(24)31)18-8-14-22(15-9-18)32-21-6-4-3-5-7-21/h3-9,14-17,19-20H,10-13H2,1-2H3,(H2,27,28,29). The topological polar surface area (TPSA) is 69.2 Å². The van der Waals surface area contributed by atoms with Crippen LogP contribution in [0.4, 0.5) is 5.82 Å². The van der Waals surface area contributed by atoms with Gasteiger partial charge in [0.2, 0.25) is 0 Å². The predicted octanol–water partition coefficient (Wildman–Crippen LogP) is 5.52. The Balaban J connectivity index is 1.47. The van der Waals surface area contributed by atoms with Crippen LogP contribution in [0.25, 0.3) is 22.2 Å². The summed E-state index contributed by atoms with van der Waals surface area (Å²) in [5.41, 5.74) is 9.41. The molecular formula is C26H29N5O. The molecule has 2 aromatic carbocycles. The molecule has 0 bridgehead atoms. The van der Waals surface area contributed by atoms with Crippen LogP contribution in [0.5, 0.6) is 11.5 Å². The van der Waals surface area contributed by atoms with Crippen molar-refractivity contribution in [3.8, 4) is 22.6 Å². The normalized spacial score (nSPS) is 18.8. The molecule has 0 unspecified atom stereocenters. The van der Waals surface area contributed by atoms with Gasteiger partial charge in [-0.05, 0) is 69.6 Å². The molecular weight excluding hydrogens is 398 g/mol. The second-order valence-corrected chi connectivity index (χ2v) is 8.77. The summed E-state index contributed by atoms with van der Waals surface area (Å²) in [4.78, 5) is 11.3. The van der Waals surface area contributed by atoms with Gasteiger partial charge in [-0.15, -0.1) is 0 Å². The van der Waals surface area contributed by atoms with Gasteiger partial charge in [0.15, 0.2) is 0 Å². The lowest BCUT2D eigenvalue weighted by atomic mass is 9.90. The average molecular weight is 428 g/mol. The van der Waals surface area contributed by atoms with E-state index in [0.29, 0.717) is 17.9 Å². The van der Waals surface area contributed by atoms with Gasteiger partial charge < -0.3 is 19.9 Å². The van der Waals surface area contributed by atoms with Gasteiger partial charge in [0, 0.05) is 23.8 Å². The van der Waals surface area contributed by atoms with Gasteiger partial charge in [0.25, 0.3) is 0 Å². The maximum absolute atomic E-state index is 6.34. The number of benzene rings is 2. The number of anilines is 1. The molecule has 0 atom stereocenters. The number of nitrogen functional groups attached to an aromatic ring is 1. The highest BCUT2D eigenvalue weighted by Gasteiger charge is 2.26. The third-order valence-corrected chi connectivity index (χ3v) is 6.57. The first-order valence-corrected chi connectivity index (χ1v) is 11.2. The molecule has 4 aromatic rings. The number of nitrogens with zero attached hydrogens (tertiary/aromatic N) is 4. The Morgan fingerprint density at radius 2 is 1.59 bits per heavy atom. The molecule has 0 spiro atoms. The molecule has 2 aromatic heterocycles. The van der Waals surface area contributed by atoms with Crippen molar-refractivity contribution in [1.82, 2.24) is 19.4 Å². The van der Waals surface area contributed by atoms with Crippen LogP contribution in [0.2, 0.25) is 0 Å². The maximum Gasteiger partial charge on any atom is 0.146 e. The molecule has 5 rings (SSSR count). The fraction of sp³-hybridized carbons (Fsp3) is 0.308. The lowest BCUT2D eigenvalue weighted by Crippen LogP contribution is -2.32. The molecule has 2 heterocycles. The lowest BCUT2D eigenvalue weighted by molar-refractivity contribution is 0.197. The Morgan fingerprint density at radius 1 is 0.906 bits per heavy atom. The minimum Gasteiger partial charge on any atom is -0.457 e. The summed E-state index contributed by atoms with van der Waals surface area (Å²) in [6.45, 7) is 0. The van der Waals surface area contributed by atoms with E-state index in [1.54, 1.807) is 6.33 Å². The van der Waals surface area contributed by atoms with Crippen molar-refractivity contribution in [1.29, 1.82) is 0 Å². The van der Waals surface area contributed by atoms with E-state index < -0.39 is 0 Å². The molecule has 1 aliphatic rings. The summed E-state index contributed by atoms with van der Waals surface area (Å²) in [5, 5.41) is 0.930. The summed E-state index contributed by atoms with van der Waals surface area (Å²) >= 11 is 0. The third kappa shape index (κ3) is 3.94. The Morgan fingerprint density at radius 3 is 2.28 bits per heavy atom. The Bertz CT molecular complexity index is 1190. The summed E-state index contributed by atoms with van der Waals surface area (Å²) < 4.78 is 8.27. The summed E-state index contributed by atoms with van der Waals surface area (Å²) in [6, 6.07) is 19.0. The van der Waals surface area contributed by atoms with Crippen LogP contribution in [0.15, 0.2) is 67.1 Å². The average Bonchev–Trinajstić information content (AvgIpc) is 3.21. The van der Waals surface area contributed by atoms with E-state index in [2.05, 4.69) is 51.9 Å². The number of ether oxygens (including phenoxy) is 1. The number of hydrogen-bond acceptors (Lipinski definition) is 5. The molecule has 164 valence electrons. The highest BCUT2D eigenvalue weighted by Crippen LogP contribution is 2.39. The molecule has 6 nitrogen and oxygen atoms in total. The quantitative estimate of drug-likeness (QED) is 0.454. The number of rotatable bonds is 5. The van der Waals surface area contributed by atoms with Crippen LogP contribution in [0.1, 0.15) is 31.7 Å². The highest BCUT2D eigenvalue weighted by molar-refractivity contribution is 6.00. The first-order chi connectivity index (χ1) is 15.6. The molecule has 1 saturated carbocycles. The zero-order valence-electron chi connectivity index (χ0n) is 18.6. The number of fused-ring (bicyclic) bond motifs is 1. The van der Waals surface area contributed by atoms with Gasteiger partial charge in [-0.25, -0.2) is 9.97 Å². The van der Waals surface area contributed by atoms with Crippen LogP contribution in [-0.2, 0) is 0 Å². The van der Waals surface area contributed by atoms with Crippen molar-refractivity contribution in [3.63, 3.8) is 0 Å².